The van der Waals surface area contributed by atoms with Crippen LogP contribution in [0.2, 0.25) is 0 Å². The van der Waals surface area contributed by atoms with Crippen LogP contribution in [-0.4, -0.2) is 19.7 Å². The largest absolute Gasteiger partial charge is 0.404 e. The van der Waals surface area contributed by atoms with E-state index in [1.54, 1.807) is 30.3 Å². The Morgan fingerprint density at radius 1 is 1.38 bits per heavy atom. The van der Waals surface area contributed by atoms with Crippen LogP contribution in [0.25, 0.3) is 0 Å². The standard InChI is InChI=1S/C10H13N5O/c1-7(11)8-3-4-9(12-5-8)16-10-13-6-15(2)14-10/h3-7H,11H2,1-2H3/t7-/m1/s1. The molecule has 0 fully saturated rings. The molecule has 84 valence electrons. The van der Waals surface area contributed by atoms with E-state index in [1.807, 2.05) is 13.0 Å². The molecule has 6 nitrogen and oxygen atoms in total. The van der Waals surface area contributed by atoms with Crippen molar-refractivity contribution in [3.63, 3.8) is 0 Å². The van der Waals surface area contributed by atoms with E-state index < -0.39 is 0 Å². The third-order valence-corrected chi connectivity index (χ3v) is 2.06. The molecule has 0 saturated heterocycles. The number of hydrogen-bond donors (Lipinski definition) is 1. The highest BCUT2D eigenvalue weighted by atomic mass is 16.5. The van der Waals surface area contributed by atoms with E-state index in [0.717, 1.165) is 5.56 Å². The monoisotopic (exact) mass is 219 g/mol. The summed E-state index contributed by atoms with van der Waals surface area (Å²) in [5, 5.41) is 3.98. The topological polar surface area (TPSA) is 78.9 Å². The van der Waals surface area contributed by atoms with Crippen LogP contribution in [0.5, 0.6) is 11.9 Å². The average molecular weight is 219 g/mol. The summed E-state index contributed by atoms with van der Waals surface area (Å²) in [4.78, 5) is 8.05. The Morgan fingerprint density at radius 2 is 2.19 bits per heavy atom. The second-order valence-electron chi connectivity index (χ2n) is 3.52. The zero-order chi connectivity index (χ0) is 11.5. The number of rotatable bonds is 3. The van der Waals surface area contributed by atoms with Crippen molar-refractivity contribution < 1.29 is 4.74 Å². The molecule has 0 radical (unpaired) electrons. The van der Waals surface area contributed by atoms with E-state index in [2.05, 4.69) is 15.1 Å². The van der Waals surface area contributed by atoms with E-state index in [-0.39, 0.29) is 12.1 Å². The Labute approximate surface area is 93.1 Å². The van der Waals surface area contributed by atoms with Gasteiger partial charge in [-0.3, -0.25) is 4.68 Å². The van der Waals surface area contributed by atoms with Crippen molar-refractivity contribution in [2.45, 2.75) is 13.0 Å². The van der Waals surface area contributed by atoms with Gasteiger partial charge in [-0.05, 0) is 12.5 Å². The number of aryl methyl sites for hydroxylation is 1. The highest BCUT2D eigenvalue weighted by Gasteiger charge is 2.04. The first-order chi connectivity index (χ1) is 7.65. The molecule has 6 heteroatoms. The van der Waals surface area contributed by atoms with Gasteiger partial charge in [0.05, 0.1) is 0 Å². The maximum absolute atomic E-state index is 5.71. The molecule has 2 aromatic rings. The Hall–Kier alpha value is -1.95. The van der Waals surface area contributed by atoms with Crippen LogP contribution in [0, 0.1) is 0 Å². The predicted molar refractivity (Wildman–Crippen MR) is 57.9 cm³/mol. The summed E-state index contributed by atoms with van der Waals surface area (Å²) in [7, 11) is 1.77. The van der Waals surface area contributed by atoms with Crippen LogP contribution in [0.4, 0.5) is 0 Å². The van der Waals surface area contributed by atoms with Gasteiger partial charge in [0.15, 0.2) is 0 Å². The lowest BCUT2D eigenvalue weighted by molar-refractivity contribution is 0.422. The van der Waals surface area contributed by atoms with Gasteiger partial charge >= 0.3 is 6.01 Å². The smallest absolute Gasteiger partial charge is 0.342 e. The number of aromatic nitrogens is 4. The Morgan fingerprint density at radius 3 is 2.69 bits per heavy atom. The normalized spacial score (nSPS) is 12.4. The highest BCUT2D eigenvalue weighted by molar-refractivity contribution is 5.21. The molecule has 0 aliphatic rings. The van der Waals surface area contributed by atoms with Gasteiger partial charge in [0.1, 0.15) is 6.33 Å². The summed E-state index contributed by atoms with van der Waals surface area (Å²) in [5.74, 6) is 0.454. The van der Waals surface area contributed by atoms with Crippen LogP contribution >= 0.6 is 0 Å². The van der Waals surface area contributed by atoms with Crippen LogP contribution in [0.3, 0.4) is 0 Å². The van der Waals surface area contributed by atoms with Gasteiger partial charge in [-0.15, -0.1) is 5.10 Å². The SMILES string of the molecule is C[C@@H](N)c1ccc(Oc2ncn(C)n2)nc1. The van der Waals surface area contributed by atoms with Crippen LogP contribution < -0.4 is 10.5 Å². The predicted octanol–water partition coefficient (Wildman–Crippen LogP) is 1.02. The van der Waals surface area contributed by atoms with E-state index in [9.17, 15) is 0 Å². The molecule has 16 heavy (non-hydrogen) atoms. The van der Waals surface area contributed by atoms with E-state index in [4.69, 9.17) is 10.5 Å². The molecule has 0 bridgehead atoms. The van der Waals surface area contributed by atoms with Crippen molar-refractivity contribution in [1.29, 1.82) is 0 Å². The summed E-state index contributed by atoms with van der Waals surface area (Å²) in [6.07, 6.45) is 3.24. The maximum Gasteiger partial charge on any atom is 0.342 e. The van der Waals surface area contributed by atoms with Crippen LogP contribution in [-0.2, 0) is 7.05 Å². The molecule has 0 aliphatic heterocycles. The Kier molecular flexibility index (Phi) is 2.82. The molecular formula is C10H13N5O. The molecule has 2 heterocycles. The summed E-state index contributed by atoms with van der Waals surface area (Å²) in [6.45, 7) is 1.90. The molecular weight excluding hydrogens is 206 g/mol. The first kappa shape index (κ1) is 10.6. The fourth-order valence-electron chi connectivity index (χ4n) is 1.18. The number of nitrogens with two attached hydrogens (primary N) is 1. The number of ether oxygens (including phenoxy) is 1. The van der Waals surface area contributed by atoms with E-state index >= 15 is 0 Å². The van der Waals surface area contributed by atoms with Gasteiger partial charge in [-0.25, -0.2) is 4.98 Å². The van der Waals surface area contributed by atoms with Crippen molar-refractivity contribution in [1.82, 2.24) is 19.7 Å². The summed E-state index contributed by atoms with van der Waals surface area (Å²) < 4.78 is 6.90. The Bertz CT molecular complexity index is 462. The zero-order valence-corrected chi connectivity index (χ0v) is 9.16. The molecule has 2 rings (SSSR count). The van der Waals surface area contributed by atoms with Crippen molar-refractivity contribution >= 4 is 0 Å². The van der Waals surface area contributed by atoms with E-state index in [0.29, 0.717) is 5.88 Å². The fraction of sp³-hybridized carbons (Fsp3) is 0.300. The fourth-order valence-corrected chi connectivity index (χ4v) is 1.18. The summed E-state index contributed by atoms with van der Waals surface area (Å²) in [5.41, 5.74) is 6.67. The third kappa shape index (κ3) is 2.34. The van der Waals surface area contributed by atoms with Crippen molar-refractivity contribution in [2.24, 2.45) is 12.8 Å². The minimum atomic E-state index is -0.0328. The van der Waals surface area contributed by atoms with Crippen molar-refractivity contribution in [3.05, 3.63) is 30.2 Å². The minimum Gasteiger partial charge on any atom is -0.404 e. The lowest BCUT2D eigenvalue weighted by Crippen LogP contribution is -2.05. The van der Waals surface area contributed by atoms with Crippen molar-refractivity contribution in [2.75, 3.05) is 0 Å². The first-order valence-corrected chi connectivity index (χ1v) is 4.90. The van der Waals surface area contributed by atoms with E-state index in [1.165, 1.54) is 0 Å². The van der Waals surface area contributed by atoms with Gasteiger partial charge in [-0.2, -0.15) is 4.98 Å². The molecule has 2 N–H and O–H groups in total. The van der Waals surface area contributed by atoms with Gasteiger partial charge in [0.25, 0.3) is 0 Å². The van der Waals surface area contributed by atoms with Gasteiger partial charge in [0, 0.05) is 25.4 Å². The highest BCUT2D eigenvalue weighted by Crippen LogP contribution is 2.16. The van der Waals surface area contributed by atoms with Gasteiger partial charge < -0.3 is 10.5 Å². The quantitative estimate of drug-likeness (QED) is 0.833. The second kappa shape index (κ2) is 4.28. The van der Waals surface area contributed by atoms with Crippen LogP contribution in [0.15, 0.2) is 24.7 Å². The van der Waals surface area contributed by atoms with Gasteiger partial charge in [0.2, 0.25) is 5.88 Å². The summed E-state index contributed by atoms with van der Waals surface area (Å²) in [6, 6.07) is 3.86. The number of nitrogens with zero attached hydrogens (tertiary/aromatic N) is 4. The first-order valence-electron chi connectivity index (χ1n) is 4.90. The van der Waals surface area contributed by atoms with Gasteiger partial charge in [-0.1, -0.05) is 6.07 Å². The zero-order valence-electron chi connectivity index (χ0n) is 9.16. The average Bonchev–Trinajstić information content (AvgIpc) is 2.65. The number of pyridine rings is 1. The molecule has 2 aromatic heterocycles. The molecule has 0 aromatic carbocycles. The molecule has 0 saturated carbocycles. The third-order valence-electron chi connectivity index (χ3n) is 2.06. The molecule has 0 unspecified atom stereocenters. The lowest BCUT2D eigenvalue weighted by Gasteiger charge is -2.05. The minimum absolute atomic E-state index is 0.0328. The Balaban J connectivity index is 2.11. The molecule has 0 spiro atoms. The molecule has 1 atom stereocenters. The summed E-state index contributed by atoms with van der Waals surface area (Å²) >= 11 is 0. The maximum atomic E-state index is 5.71. The molecule has 0 aliphatic carbocycles. The van der Waals surface area contributed by atoms with Crippen LogP contribution in [0.1, 0.15) is 18.5 Å². The number of hydrogen-bond acceptors (Lipinski definition) is 5. The van der Waals surface area contributed by atoms with Crippen molar-refractivity contribution in [3.8, 4) is 11.9 Å². The lowest BCUT2D eigenvalue weighted by atomic mass is 10.2. The molecule has 0 amide bonds. The second-order valence-corrected chi connectivity index (χ2v) is 3.52.